The molecule has 0 aliphatic carbocycles. The predicted octanol–water partition coefficient (Wildman–Crippen LogP) is 0.499. The van der Waals surface area contributed by atoms with Gasteiger partial charge in [0.25, 0.3) is 5.91 Å². The number of ether oxygens (including phenoxy) is 1. The van der Waals surface area contributed by atoms with E-state index in [2.05, 4.69) is 5.32 Å². The van der Waals surface area contributed by atoms with Crippen LogP contribution < -0.4 is 11.1 Å². The number of rotatable bonds is 2. The lowest BCUT2D eigenvalue weighted by Gasteiger charge is -2.38. The molecule has 3 heterocycles. The minimum absolute atomic E-state index is 0.0473. The predicted molar refractivity (Wildman–Crippen MR) is 92.8 cm³/mol. The van der Waals surface area contributed by atoms with Crippen LogP contribution >= 0.6 is 0 Å². The molecule has 2 fully saturated rings. The summed E-state index contributed by atoms with van der Waals surface area (Å²) in [5.74, 6) is -0.768. The lowest BCUT2D eigenvalue weighted by Crippen LogP contribution is -2.57. The third-order valence-corrected chi connectivity index (χ3v) is 5.47. The summed E-state index contributed by atoms with van der Waals surface area (Å²) >= 11 is 0. The Morgan fingerprint density at radius 3 is 2.92 bits per heavy atom. The van der Waals surface area contributed by atoms with Gasteiger partial charge in [-0.3, -0.25) is 14.2 Å². The van der Waals surface area contributed by atoms with Crippen LogP contribution in [0.25, 0.3) is 11.1 Å². The fourth-order valence-electron chi connectivity index (χ4n) is 4.15. The van der Waals surface area contributed by atoms with Crippen LogP contribution in [0.2, 0.25) is 0 Å². The number of carbonyl (C=O) groups is 2. The van der Waals surface area contributed by atoms with E-state index in [1.54, 1.807) is 30.1 Å². The van der Waals surface area contributed by atoms with E-state index in [1.165, 1.54) is 11.5 Å². The van der Waals surface area contributed by atoms with Gasteiger partial charge in [-0.2, -0.15) is 0 Å². The zero-order valence-electron chi connectivity index (χ0n) is 14.8. The number of likely N-dealkylation sites (tertiary alicyclic amines) is 1. The summed E-state index contributed by atoms with van der Waals surface area (Å²) in [6.45, 7) is 3.47. The van der Waals surface area contributed by atoms with Gasteiger partial charge in [0, 0.05) is 39.6 Å². The molecule has 0 radical (unpaired) electrons. The highest BCUT2D eigenvalue weighted by Gasteiger charge is 2.50. The van der Waals surface area contributed by atoms with Crippen LogP contribution in [0.4, 0.5) is 0 Å². The van der Waals surface area contributed by atoms with Crippen molar-refractivity contribution < 1.29 is 18.7 Å². The van der Waals surface area contributed by atoms with Crippen LogP contribution in [0.1, 0.15) is 23.7 Å². The summed E-state index contributed by atoms with van der Waals surface area (Å²) in [6.07, 6.45) is 0.672. The average Bonchev–Trinajstić information content (AvgIpc) is 3.12. The molecule has 26 heavy (non-hydrogen) atoms. The summed E-state index contributed by atoms with van der Waals surface area (Å²) in [4.78, 5) is 38.4. The van der Waals surface area contributed by atoms with Crippen molar-refractivity contribution in [2.45, 2.75) is 18.9 Å². The molecule has 1 N–H and O–H groups in total. The maximum absolute atomic E-state index is 13.2. The van der Waals surface area contributed by atoms with Crippen LogP contribution in [0.5, 0.6) is 0 Å². The Balaban J connectivity index is 1.69. The topological polar surface area (TPSA) is 93.8 Å². The van der Waals surface area contributed by atoms with E-state index in [0.29, 0.717) is 49.4 Å². The molecule has 0 saturated carbocycles. The van der Waals surface area contributed by atoms with Crippen LogP contribution in [-0.2, 0) is 16.6 Å². The fourth-order valence-corrected chi connectivity index (χ4v) is 4.15. The molecule has 2 unspecified atom stereocenters. The lowest BCUT2D eigenvalue weighted by atomic mass is 9.83. The summed E-state index contributed by atoms with van der Waals surface area (Å²) in [6, 6.07) is 5.14. The van der Waals surface area contributed by atoms with E-state index >= 15 is 0 Å². The molecule has 138 valence electrons. The van der Waals surface area contributed by atoms with Crippen molar-refractivity contribution in [3.05, 3.63) is 34.3 Å². The van der Waals surface area contributed by atoms with Gasteiger partial charge >= 0.3 is 5.76 Å². The Morgan fingerprint density at radius 2 is 2.15 bits per heavy atom. The molecule has 0 spiro atoms. The lowest BCUT2D eigenvalue weighted by molar-refractivity contribution is -0.122. The number of para-hydroxylation sites is 1. The highest BCUT2D eigenvalue weighted by atomic mass is 16.5. The Labute approximate surface area is 149 Å². The van der Waals surface area contributed by atoms with E-state index in [4.69, 9.17) is 9.15 Å². The molecule has 2 aromatic rings. The number of aromatic nitrogens is 1. The van der Waals surface area contributed by atoms with Gasteiger partial charge in [0.05, 0.1) is 23.2 Å². The number of fused-ring (bicyclic) bond motifs is 2. The third kappa shape index (κ3) is 2.52. The Morgan fingerprint density at radius 1 is 1.35 bits per heavy atom. The molecular formula is C18H21N3O5. The van der Waals surface area contributed by atoms with Crippen LogP contribution in [0, 0.1) is 5.92 Å². The first-order valence-corrected chi connectivity index (χ1v) is 8.65. The van der Waals surface area contributed by atoms with Gasteiger partial charge in [-0.05, 0) is 18.6 Å². The van der Waals surface area contributed by atoms with Gasteiger partial charge in [-0.25, -0.2) is 4.79 Å². The second-order valence-electron chi connectivity index (χ2n) is 7.13. The van der Waals surface area contributed by atoms with Crippen LogP contribution in [0.3, 0.4) is 0 Å². The molecule has 2 amide bonds. The number of hydrogen-bond acceptors (Lipinski definition) is 5. The minimum atomic E-state index is -0.501. The zero-order valence-corrected chi connectivity index (χ0v) is 14.8. The second-order valence-corrected chi connectivity index (χ2v) is 7.13. The monoisotopic (exact) mass is 359 g/mol. The molecule has 2 aliphatic heterocycles. The minimum Gasteiger partial charge on any atom is -0.407 e. The number of carbonyl (C=O) groups excluding carboxylic acids is 2. The molecular weight excluding hydrogens is 338 g/mol. The number of oxazole rings is 1. The van der Waals surface area contributed by atoms with Crippen LogP contribution in [-0.4, -0.2) is 53.1 Å². The van der Waals surface area contributed by atoms with Crippen molar-refractivity contribution >= 4 is 22.9 Å². The Kier molecular flexibility index (Phi) is 3.87. The van der Waals surface area contributed by atoms with Crippen molar-refractivity contribution in [2.75, 3.05) is 26.3 Å². The Bertz CT molecular complexity index is 946. The van der Waals surface area contributed by atoms with Gasteiger partial charge in [-0.15, -0.1) is 0 Å². The molecule has 4 rings (SSSR count). The van der Waals surface area contributed by atoms with E-state index in [9.17, 15) is 14.4 Å². The quantitative estimate of drug-likeness (QED) is 0.843. The van der Waals surface area contributed by atoms with Crippen molar-refractivity contribution in [2.24, 2.45) is 13.0 Å². The fraction of sp³-hybridized carbons (Fsp3) is 0.500. The van der Waals surface area contributed by atoms with Gasteiger partial charge in [0.1, 0.15) is 0 Å². The number of benzene rings is 1. The highest BCUT2D eigenvalue weighted by molar-refractivity contribution is 6.04. The average molecular weight is 359 g/mol. The first-order valence-electron chi connectivity index (χ1n) is 8.65. The van der Waals surface area contributed by atoms with Gasteiger partial charge in [-0.1, -0.05) is 6.07 Å². The number of nitrogens with one attached hydrogen (secondary N) is 1. The molecule has 8 nitrogen and oxygen atoms in total. The second kappa shape index (κ2) is 5.98. The maximum atomic E-state index is 13.2. The Hall–Kier alpha value is -2.61. The smallest absolute Gasteiger partial charge is 0.407 e. The number of amides is 2. The number of aryl methyl sites for hydroxylation is 1. The van der Waals surface area contributed by atoms with Crippen LogP contribution in [0.15, 0.2) is 27.4 Å². The summed E-state index contributed by atoms with van der Waals surface area (Å²) < 4.78 is 12.2. The van der Waals surface area contributed by atoms with Crippen molar-refractivity contribution in [1.29, 1.82) is 0 Å². The SMILES string of the molecule is CC(=O)NC12CCOCC1CN(C(=O)c1cccc3c1oc(=O)n3C)C2. The van der Waals surface area contributed by atoms with Crippen molar-refractivity contribution in [3.8, 4) is 0 Å². The van der Waals surface area contributed by atoms with Crippen molar-refractivity contribution in [3.63, 3.8) is 0 Å². The van der Waals surface area contributed by atoms with E-state index < -0.39 is 11.3 Å². The largest absolute Gasteiger partial charge is 0.419 e. The normalized spacial score (nSPS) is 25.3. The van der Waals surface area contributed by atoms with E-state index in [0.717, 1.165) is 0 Å². The molecule has 0 bridgehead atoms. The molecule has 2 saturated heterocycles. The molecule has 2 aliphatic rings. The standard InChI is InChI=1S/C18H21N3O5/c1-11(22)19-18-6-7-25-9-12(18)8-21(10-18)16(23)13-4-3-5-14-15(13)26-17(24)20(14)2/h3-5,12H,6-10H2,1-2H3,(H,19,22). The van der Waals surface area contributed by atoms with Crippen molar-refractivity contribution in [1.82, 2.24) is 14.8 Å². The number of hydrogen-bond donors (Lipinski definition) is 1. The first-order chi connectivity index (χ1) is 12.4. The molecule has 8 heteroatoms. The van der Waals surface area contributed by atoms with Gasteiger partial charge < -0.3 is 19.4 Å². The zero-order chi connectivity index (χ0) is 18.5. The van der Waals surface area contributed by atoms with E-state index in [-0.39, 0.29) is 17.7 Å². The summed E-state index contributed by atoms with van der Waals surface area (Å²) in [5, 5.41) is 3.05. The summed E-state index contributed by atoms with van der Waals surface area (Å²) in [5.41, 5.74) is 0.783. The van der Waals surface area contributed by atoms with Gasteiger partial charge in [0.2, 0.25) is 5.91 Å². The van der Waals surface area contributed by atoms with Gasteiger partial charge in [0.15, 0.2) is 5.58 Å². The highest BCUT2D eigenvalue weighted by Crippen LogP contribution is 2.35. The summed E-state index contributed by atoms with van der Waals surface area (Å²) in [7, 11) is 1.61. The third-order valence-electron chi connectivity index (χ3n) is 5.47. The maximum Gasteiger partial charge on any atom is 0.419 e. The molecule has 2 atom stereocenters. The molecule has 1 aromatic carbocycles. The molecule has 1 aromatic heterocycles. The number of nitrogens with zero attached hydrogens (tertiary/aromatic N) is 2. The van der Waals surface area contributed by atoms with E-state index in [1.807, 2.05) is 0 Å². The first kappa shape index (κ1) is 16.8.